The predicted molar refractivity (Wildman–Crippen MR) is 39.7 cm³/mol. The third-order valence-corrected chi connectivity index (χ3v) is 2.09. The maximum absolute atomic E-state index is 10.7. The molecule has 0 aliphatic heterocycles. The number of hydrogen-bond acceptors (Lipinski definition) is 6. The summed E-state index contributed by atoms with van der Waals surface area (Å²) in [7, 11) is -3.97. The number of aliphatic carboxylic acids is 2. The van der Waals surface area contributed by atoms with Crippen LogP contribution >= 0.6 is 7.52 Å². The standard InChI is InChI=1S/C6H12NO6P.3Na/c1-14(12,13)7-4(6(10)11)2-3-5(8)9;;;/h4H,2-3H2,1H3,(H,8,9)(H,10,11)(H2,7,12,13);;;/q;3*+1/p-3/t4-;;;/m1.../s1. The maximum atomic E-state index is 10.7. The number of carboxylic acid groups (broad SMARTS) is 2. The molecule has 0 aromatic heterocycles. The van der Waals surface area contributed by atoms with E-state index >= 15 is 0 Å². The van der Waals surface area contributed by atoms with E-state index in [2.05, 4.69) is 0 Å². The number of carboxylic acids is 2. The third kappa shape index (κ3) is 18.1. The molecule has 1 N–H and O–H groups in total. The normalized spacial score (nSPS) is 14.0. The molecule has 0 aromatic rings. The summed E-state index contributed by atoms with van der Waals surface area (Å²) in [6.07, 6.45) is -0.948. The van der Waals surface area contributed by atoms with Crippen LogP contribution in [0.15, 0.2) is 0 Å². The van der Waals surface area contributed by atoms with Crippen molar-refractivity contribution in [3.05, 3.63) is 0 Å². The van der Waals surface area contributed by atoms with Crippen molar-refractivity contribution in [2.75, 3.05) is 6.66 Å². The smallest absolute Gasteiger partial charge is 0.788 e. The Balaban J connectivity index is -0.000000282. The number of hydrogen-bond donors (Lipinski definition) is 1. The van der Waals surface area contributed by atoms with Crippen LogP contribution in [0.4, 0.5) is 0 Å². The van der Waals surface area contributed by atoms with E-state index in [0.717, 1.165) is 6.66 Å². The summed E-state index contributed by atoms with van der Waals surface area (Å²) in [6, 6.07) is -1.53. The Bertz CT molecular complexity index is 283. The zero-order valence-electron chi connectivity index (χ0n) is 10.4. The quantitative estimate of drug-likeness (QED) is 0.379. The Kier molecular flexibility index (Phi) is 21.1. The van der Waals surface area contributed by atoms with Gasteiger partial charge in [0.1, 0.15) is 0 Å². The molecule has 0 heterocycles. The van der Waals surface area contributed by atoms with Crippen molar-refractivity contribution in [1.29, 1.82) is 0 Å². The second kappa shape index (κ2) is 13.1. The molecule has 0 rings (SSSR count). The summed E-state index contributed by atoms with van der Waals surface area (Å²) in [5.41, 5.74) is 0. The molecule has 0 spiro atoms. The fourth-order valence-corrected chi connectivity index (χ4v) is 1.58. The van der Waals surface area contributed by atoms with Crippen molar-refractivity contribution in [2.45, 2.75) is 18.9 Å². The maximum Gasteiger partial charge on any atom is 1.00 e. The molecular weight excluding hydrogens is 282 g/mol. The topological polar surface area (TPSA) is 132 Å². The fourth-order valence-electron chi connectivity index (χ4n) is 0.780. The van der Waals surface area contributed by atoms with Crippen LogP contribution in [0, 0.1) is 0 Å². The van der Waals surface area contributed by atoms with Gasteiger partial charge in [-0.15, -0.1) is 0 Å². The summed E-state index contributed by atoms with van der Waals surface area (Å²) in [5, 5.41) is 22.1. The molecule has 0 radical (unpaired) electrons. The minimum Gasteiger partial charge on any atom is -0.788 e. The molecule has 0 saturated carbocycles. The van der Waals surface area contributed by atoms with E-state index in [1.807, 2.05) is 0 Å². The zero-order chi connectivity index (χ0) is 11.4. The van der Waals surface area contributed by atoms with Crippen LogP contribution in [0.1, 0.15) is 12.8 Å². The Morgan fingerprint density at radius 3 is 1.88 bits per heavy atom. The largest absolute Gasteiger partial charge is 1.00 e. The summed E-state index contributed by atoms with van der Waals surface area (Å²) in [6.45, 7) is 0.794. The van der Waals surface area contributed by atoms with Gasteiger partial charge < -0.3 is 29.3 Å². The number of rotatable bonds is 6. The molecule has 0 amide bonds. The minimum absolute atomic E-state index is 0. The molecule has 0 aliphatic carbocycles. The van der Waals surface area contributed by atoms with Crippen molar-refractivity contribution < 1.29 is 118 Å². The van der Waals surface area contributed by atoms with E-state index in [9.17, 15) is 29.3 Å². The minimum atomic E-state index is -3.97. The van der Waals surface area contributed by atoms with E-state index in [0.29, 0.717) is 0 Å². The average molecular weight is 291 g/mol. The fraction of sp³-hybridized carbons (Fsp3) is 0.667. The van der Waals surface area contributed by atoms with E-state index in [-0.39, 0.29) is 88.7 Å². The Labute approximate surface area is 165 Å². The molecule has 0 saturated heterocycles. The monoisotopic (exact) mass is 291 g/mol. The van der Waals surface area contributed by atoms with Gasteiger partial charge in [-0.3, -0.25) is 5.09 Å². The van der Waals surface area contributed by atoms with Gasteiger partial charge in [0, 0.05) is 5.97 Å². The van der Waals surface area contributed by atoms with Gasteiger partial charge in [0.15, 0.2) is 0 Å². The van der Waals surface area contributed by atoms with Gasteiger partial charge in [0.05, 0.1) is 19.5 Å². The second-order valence-corrected chi connectivity index (χ2v) is 4.71. The Morgan fingerprint density at radius 1 is 1.24 bits per heavy atom. The Hall–Kier alpha value is 2.09. The van der Waals surface area contributed by atoms with Crippen LogP contribution in [0.5, 0.6) is 0 Å². The number of nitrogens with one attached hydrogen (secondary N) is 1. The molecule has 0 aliphatic rings. The van der Waals surface area contributed by atoms with Gasteiger partial charge in [-0.1, -0.05) is 0 Å². The molecule has 0 aromatic carbocycles. The molecular formula is C6H9NNa3O6P. The first-order valence-corrected chi connectivity index (χ1v) is 5.76. The summed E-state index contributed by atoms with van der Waals surface area (Å²) in [5.74, 6) is -3.11. The second-order valence-electron chi connectivity index (χ2n) is 2.76. The van der Waals surface area contributed by atoms with Crippen LogP contribution in [0.3, 0.4) is 0 Å². The van der Waals surface area contributed by atoms with Crippen LogP contribution in [-0.2, 0) is 14.2 Å². The molecule has 0 fully saturated rings. The molecule has 17 heavy (non-hydrogen) atoms. The van der Waals surface area contributed by atoms with Crippen molar-refractivity contribution >= 4 is 19.5 Å². The third-order valence-electron chi connectivity index (χ3n) is 1.31. The summed E-state index contributed by atoms with van der Waals surface area (Å²) >= 11 is 0. The zero-order valence-corrected chi connectivity index (χ0v) is 17.3. The molecule has 7 nitrogen and oxygen atoms in total. The van der Waals surface area contributed by atoms with E-state index in [1.165, 1.54) is 0 Å². The van der Waals surface area contributed by atoms with Crippen molar-refractivity contribution in [3.8, 4) is 0 Å². The number of carbonyl (C=O) groups is 2. The van der Waals surface area contributed by atoms with Crippen molar-refractivity contribution in [3.63, 3.8) is 0 Å². The molecule has 1 unspecified atom stereocenters. The first-order valence-electron chi connectivity index (χ1n) is 3.69. The Morgan fingerprint density at radius 2 is 1.65 bits per heavy atom. The molecule has 2 atom stereocenters. The van der Waals surface area contributed by atoms with Gasteiger partial charge in [-0.2, -0.15) is 0 Å². The van der Waals surface area contributed by atoms with E-state index in [1.54, 1.807) is 5.09 Å². The summed E-state index contributed by atoms with van der Waals surface area (Å²) < 4.78 is 10.7. The molecule has 11 heteroatoms. The van der Waals surface area contributed by atoms with Crippen molar-refractivity contribution in [1.82, 2.24) is 5.09 Å². The average Bonchev–Trinajstić information content (AvgIpc) is 1.94. The van der Waals surface area contributed by atoms with Gasteiger partial charge in [0.2, 0.25) is 0 Å². The summed E-state index contributed by atoms with van der Waals surface area (Å²) in [4.78, 5) is 31.0. The van der Waals surface area contributed by atoms with E-state index < -0.39 is 38.3 Å². The van der Waals surface area contributed by atoms with Crippen LogP contribution < -0.4 is 109 Å². The molecule has 82 valence electrons. The van der Waals surface area contributed by atoms with Gasteiger partial charge in [-0.25, -0.2) is 0 Å². The number of carbonyl (C=O) groups excluding carboxylic acids is 2. The van der Waals surface area contributed by atoms with Gasteiger partial charge in [0.25, 0.3) is 0 Å². The van der Waals surface area contributed by atoms with Gasteiger partial charge >= 0.3 is 88.7 Å². The molecule has 0 bridgehead atoms. The van der Waals surface area contributed by atoms with Crippen LogP contribution in [0.2, 0.25) is 0 Å². The van der Waals surface area contributed by atoms with Gasteiger partial charge in [-0.05, 0) is 19.5 Å². The van der Waals surface area contributed by atoms with E-state index in [4.69, 9.17) is 0 Å². The SMILES string of the molecule is CP(=O)([O-])N[C@H](CCC(=O)[O-])C(=O)[O-].[Na+].[Na+].[Na+]. The van der Waals surface area contributed by atoms with Crippen molar-refractivity contribution in [2.24, 2.45) is 0 Å². The van der Waals surface area contributed by atoms with Crippen LogP contribution in [-0.4, -0.2) is 24.6 Å². The first kappa shape index (κ1) is 27.4. The van der Waals surface area contributed by atoms with Crippen LogP contribution in [0.25, 0.3) is 0 Å². The predicted octanol–water partition coefficient (Wildman–Crippen LogP) is -12.6. The first-order chi connectivity index (χ1) is 6.22.